The van der Waals surface area contributed by atoms with E-state index in [4.69, 9.17) is 0 Å². The van der Waals surface area contributed by atoms with E-state index in [9.17, 15) is 9.90 Å². The van der Waals surface area contributed by atoms with Gasteiger partial charge in [-0.25, -0.2) is 0 Å². The van der Waals surface area contributed by atoms with E-state index in [2.05, 4.69) is 32.6 Å². The van der Waals surface area contributed by atoms with Crippen LogP contribution in [0.25, 0.3) is 0 Å². The van der Waals surface area contributed by atoms with Crippen molar-refractivity contribution in [1.82, 2.24) is 0 Å². The molecule has 2 saturated carbocycles. The molecule has 0 aliphatic heterocycles. The molecule has 3 aliphatic rings. The Kier molecular flexibility index (Phi) is 3.67. The molecule has 0 radical (unpaired) electrons. The molecule has 3 rings (SSSR count). The largest absolute Gasteiger partial charge is 0.395 e. The van der Waals surface area contributed by atoms with Gasteiger partial charge in [-0.2, -0.15) is 0 Å². The van der Waals surface area contributed by atoms with Crippen LogP contribution in [0.2, 0.25) is 0 Å². The van der Waals surface area contributed by atoms with Crippen LogP contribution in [0.5, 0.6) is 0 Å². The van der Waals surface area contributed by atoms with E-state index in [1.54, 1.807) is 5.57 Å². The fourth-order valence-electron chi connectivity index (χ4n) is 5.66. The Hall–Kier alpha value is -0.890. The maximum absolute atomic E-state index is 12.5. The van der Waals surface area contributed by atoms with Crippen molar-refractivity contribution >= 4 is 5.78 Å². The molecule has 0 heterocycles. The van der Waals surface area contributed by atoms with E-state index in [1.165, 1.54) is 12.8 Å². The maximum Gasteiger partial charge on any atom is 0.141 e. The summed E-state index contributed by atoms with van der Waals surface area (Å²) < 4.78 is 0. The number of ketones is 1. The first kappa shape index (κ1) is 16.0. The zero-order valence-electron chi connectivity index (χ0n) is 14.3. The molecule has 2 fully saturated rings. The van der Waals surface area contributed by atoms with Crippen LogP contribution in [0.1, 0.15) is 59.3 Å². The predicted octanol–water partition coefficient (Wildman–Crippen LogP) is 4.29. The van der Waals surface area contributed by atoms with Gasteiger partial charge in [-0.05, 0) is 54.8 Å². The van der Waals surface area contributed by atoms with Crippen LogP contribution in [-0.2, 0) is 4.79 Å². The topological polar surface area (TPSA) is 37.3 Å². The molecule has 5 atom stereocenters. The Morgan fingerprint density at radius 1 is 1.36 bits per heavy atom. The third kappa shape index (κ3) is 2.06. The molecule has 22 heavy (non-hydrogen) atoms. The average Bonchev–Trinajstić information content (AvgIpc) is 2.51. The standard InChI is InChI=1S/C20H30O2/c1-5-18(2)10-8-15-14(12-18)6-7-16-19(15,3)11-9-17(22)20(16,4)13-21/h5-6,15-16,21H,1,7-13H2,2-4H3/t15-,16+,18+,19+,20-/m0/s1. The molecule has 0 saturated heterocycles. The molecule has 3 aliphatic carbocycles. The molecule has 2 heteroatoms. The molecule has 0 aromatic rings. The molecule has 0 amide bonds. The van der Waals surface area contributed by atoms with Gasteiger partial charge in [-0.1, -0.05) is 38.5 Å². The number of aliphatic hydroxyl groups excluding tert-OH is 1. The number of allylic oxidation sites excluding steroid dienone is 3. The SMILES string of the molecule is C=C[C@]1(C)CC[C@H]2C(=CC[C@@H]3[C@]2(C)CCC(=O)[C@@]3(C)CO)C1. The van der Waals surface area contributed by atoms with E-state index in [1.807, 2.05) is 6.92 Å². The molecular weight excluding hydrogens is 272 g/mol. The van der Waals surface area contributed by atoms with Crippen LogP contribution < -0.4 is 0 Å². The molecule has 122 valence electrons. The van der Waals surface area contributed by atoms with Crippen molar-refractivity contribution in [3.63, 3.8) is 0 Å². The summed E-state index contributed by atoms with van der Waals surface area (Å²) in [7, 11) is 0. The summed E-state index contributed by atoms with van der Waals surface area (Å²) in [6.45, 7) is 10.7. The minimum absolute atomic E-state index is 0.00758. The highest BCUT2D eigenvalue weighted by Crippen LogP contribution is 2.62. The first-order valence-corrected chi connectivity index (χ1v) is 8.76. The zero-order chi connectivity index (χ0) is 16.2. The summed E-state index contributed by atoms with van der Waals surface area (Å²) in [5.74, 6) is 1.13. The molecule has 0 aromatic heterocycles. The number of carbonyl (C=O) groups excluding carboxylic acids is 1. The summed E-state index contributed by atoms with van der Waals surface area (Å²) in [4.78, 5) is 12.5. The van der Waals surface area contributed by atoms with Gasteiger partial charge in [0, 0.05) is 6.42 Å². The van der Waals surface area contributed by atoms with Gasteiger partial charge >= 0.3 is 0 Å². The van der Waals surface area contributed by atoms with Crippen molar-refractivity contribution in [3.05, 3.63) is 24.3 Å². The Morgan fingerprint density at radius 3 is 2.73 bits per heavy atom. The number of fused-ring (bicyclic) bond motifs is 3. The third-order valence-electron chi connectivity index (χ3n) is 7.39. The van der Waals surface area contributed by atoms with Gasteiger partial charge in [0.1, 0.15) is 5.78 Å². The first-order chi connectivity index (χ1) is 10.3. The predicted molar refractivity (Wildman–Crippen MR) is 89.4 cm³/mol. The van der Waals surface area contributed by atoms with Gasteiger partial charge in [-0.15, -0.1) is 6.58 Å². The van der Waals surface area contributed by atoms with Crippen molar-refractivity contribution in [2.75, 3.05) is 6.61 Å². The lowest BCUT2D eigenvalue weighted by Crippen LogP contribution is -2.56. The van der Waals surface area contributed by atoms with Gasteiger partial charge < -0.3 is 5.11 Å². The quantitative estimate of drug-likeness (QED) is 0.772. The number of hydrogen-bond acceptors (Lipinski definition) is 2. The van der Waals surface area contributed by atoms with Gasteiger partial charge in [-0.3, -0.25) is 4.79 Å². The van der Waals surface area contributed by atoms with E-state index >= 15 is 0 Å². The molecule has 0 spiro atoms. The van der Waals surface area contributed by atoms with Crippen LogP contribution in [0.4, 0.5) is 0 Å². The summed E-state index contributed by atoms with van der Waals surface area (Å²) in [6.07, 6.45) is 10.6. The Morgan fingerprint density at radius 2 is 2.09 bits per heavy atom. The first-order valence-electron chi connectivity index (χ1n) is 8.76. The zero-order valence-corrected chi connectivity index (χ0v) is 14.3. The molecule has 0 aromatic carbocycles. The van der Waals surface area contributed by atoms with E-state index in [0.29, 0.717) is 12.3 Å². The Balaban J connectivity index is 1.98. The molecule has 2 nitrogen and oxygen atoms in total. The molecule has 1 N–H and O–H groups in total. The lowest BCUT2D eigenvalue weighted by atomic mass is 9.45. The monoisotopic (exact) mass is 302 g/mol. The summed E-state index contributed by atoms with van der Waals surface area (Å²) in [6, 6.07) is 0. The van der Waals surface area contributed by atoms with Crippen LogP contribution in [0.15, 0.2) is 24.3 Å². The van der Waals surface area contributed by atoms with Crippen molar-refractivity contribution in [2.45, 2.75) is 59.3 Å². The second-order valence-corrected chi connectivity index (χ2v) is 8.70. The molecular formula is C20H30O2. The number of carbonyl (C=O) groups is 1. The lowest BCUT2D eigenvalue weighted by molar-refractivity contribution is -0.150. The van der Waals surface area contributed by atoms with E-state index in [-0.39, 0.29) is 29.1 Å². The van der Waals surface area contributed by atoms with Gasteiger partial charge in [0.15, 0.2) is 0 Å². The van der Waals surface area contributed by atoms with Gasteiger partial charge in [0.2, 0.25) is 0 Å². The number of Topliss-reactive ketones (excluding diaryl/α,β-unsaturated/α-hetero) is 1. The normalized spacial score (nSPS) is 48.2. The number of rotatable bonds is 2. The summed E-state index contributed by atoms with van der Waals surface area (Å²) in [5.41, 5.74) is 1.43. The maximum atomic E-state index is 12.5. The van der Waals surface area contributed by atoms with E-state index < -0.39 is 5.41 Å². The van der Waals surface area contributed by atoms with Crippen LogP contribution in [-0.4, -0.2) is 17.5 Å². The Bertz CT molecular complexity index is 534. The second-order valence-electron chi connectivity index (χ2n) is 8.70. The van der Waals surface area contributed by atoms with Crippen molar-refractivity contribution in [2.24, 2.45) is 28.1 Å². The van der Waals surface area contributed by atoms with Gasteiger partial charge in [0.05, 0.1) is 12.0 Å². The highest BCUT2D eigenvalue weighted by Gasteiger charge is 2.58. The third-order valence-corrected chi connectivity index (χ3v) is 7.39. The minimum atomic E-state index is -0.547. The van der Waals surface area contributed by atoms with Crippen molar-refractivity contribution < 1.29 is 9.90 Å². The number of hydrogen-bond donors (Lipinski definition) is 1. The smallest absolute Gasteiger partial charge is 0.141 e. The number of aliphatic hydroxyl groups is 1. The van der Waals surface area contributed by atoms with Crippen molar-refractivity contribution in [1.29, 1.82) is 0 Å². The minimum Gasteiger partial charge on any atom is -0.395 e. The van der Waals surface area contributed by atoms with Crippen LogP contribution in [0.3, 0.4) is 0 Å². The molecule has 0 unspecified atom stereocenters. The second kappa shape index (κ2) is 5.06. The summed E-state index contributed by atoms with van der Waals surface area (Å²) >= 11 is 0. The van der Waals surface area contributed by atoms with Crippen LogP contribution >= 0.6 is 0 Å². The average molecular weight is 302 g/mol. The lowest BCUT2D eigenvalue weighted by Gasteiger charge is -2.58. The van der Waals surface area contributed by atoms with Crippen molar-refractivity contribution in [3.8, 4) is 0 Å². The summed E-state index contributed by atoms with van der Waals surface area (Å²) in [5, 5.41) is 9.94. The molecule has 0 bridgehead atoms. The highest BCUT2D eigenvalue weighted by molar-refractivity contribution is 5.86. The fraction of sp³-hybridized carbons (Fsp3) is 0.750. The van der Waals surface area contributed by atoms with Crippen LogP contribution in [0, 0.1) is 28.1 Å². The highest BCUT2D eigenvalue weighted by atomic mass is 16.3. The van der Waals surface area contributed by atoms with Gasteiger partial charge in [0.25, 0.3) is 0 Å². The Labute approximate surface area is 134 Å². The fourth-order valence-corrected chi connectivity index (χ4v) is 5.66. The van der Waals surface area contributed by atoms with E-state index in [0.717, 1.165) is 19.3 Å².